The average Bonchev–Trinajstić information content (AvgIpc) is 2.56. The number of halogens is 2. The van der Waals surface area contributed by atoms with Crippen molar-refractivity contribution in [3.63, 3.8) is 0 Å². The summed E-state index contributed by atoms with van der Waals surface area (Å²) in [5.41, 5.74) is -0.176. The molecule has 6 heteroatoms. The lowest BCUT2D eigenvalue weighted by atomic mass is 9.98. The van der Waals surface area contributed by atoms with Gasteiger partial charge in [-0.1, -0.05) is 29.3 Å². The maximum atomic E-state index is 12.1. The number of carbonyl (C=O) groups excluding carboxylic acids is 1. The molecular weight excluding hydrogens is 311 g/mol. The van der Waals surface area contributed by atoms with Crippen LogP contribution in [-0.2, 0) is 4.79 Å². The monoisotopic (exact) mass is 330 g/mol. The molecule has 2 N–H and O–H groups in total. The van der Waals surface area contributed by atoms with Gasteiger partial charge in [-0.3, -0.25) is 9.69 Å². The number of rotatable bonds is 3. The van der Waals surface area contributed by atoms with Gasteiger partial charge in [-0.05, 0) is 44.9 Å². The summed E-state index contributed by atoms with van der Waals surface area (Å²) in [6.07, 6.45) is 2.32. The van der Waals surface area contributed by atoms with E-state index in [1.165, 1.54) is 0 Å². The van der Waals surface area contributed by atoms with Crippen LogP contribution < -0.4 is 5.32 Å². The molecule has 1 aromatic rings. The Bertz CT molecular complexity index is 500. The number of hydrogen-bond acceptors (Lipinski definition) is 3. The zero-order valence-corrected chi connectivity index (χ0v) is 13.5. The van der Waals surface area contributed by atoms with Crippen LogP contribution in [0.2, 0.25) is 10.0 Å². The molecule has 4 nitrogen and oxygen atoms in total. The van der Waals surface area contributed by atoms with Crippen LogP contribution in [0, 0.1) is 0 Å². The molecule has 1 amide bonds. The van der Waals surface area contributed by atoms with Crippen molar-refractivity contribution in [2.75, 3.05) is 25.0 Å². The quantitative estimate of drug-likeness (QED) is 0.894. The number of aliphatic hydroxyl groups is 1. The van der Waals surface area contributed by atoms with Crippen molar-refractivity contribution in [3.8, 4) is 0 Å². The Morgan fingerprint density at radius 3 is 2.67 bits per heavy atom. The third-order valence-electron chi connectivity index (χ3n) is 3.75. The van der Waals surface area contributed by atoms with Gasteiger partial charge in [0.05, 0.1) is 27.9 Å². The highest BCUT2D eigenvalue weighted by atomic mass is 35.5. The molecule has 0 bridgehead atoms. The van der Waals surface area contributed by atoms with Gasteiger partial charge in [-0.15, -0.1) is 0 Å². The van der Waals surface area contributed by atoms with Gasteiger partial charge < -0.3 is 10.4 Å². The first-order chi connectivity index (χ1) is 9.87. The minimum absolute atomic E-state index is 0.147. The molecule has 1 fully saturated rings. The Labute approximate surface area is 135 Å². The highest BCUT2D eigenvalue weighted by Gasteiger charge is 2.25. The molecule has 1 saturated heterocycles. The van der Waals surface area contributed by atoms with Gasteiger partial charge in [0.1, 0.15) is 0 Å². The number of nitrogens with zero attached hydrogens (tertiary/aromatic N) is 1. The number of likely N-dealkylation sites (tertiary alicyclic amines) is 1. The van der Waals surface area contributed by atoms with Gasteiger partial charge in [-0.25, -0.2) is 0 Å². The normalized spacial score (nSPS) is 23.6. The first kappa shape index (κ1) is 16.6. The summed E-state index contributed by atoms with van der Waals surface area (Å²) < 4.78 is 0. The fourth-order valence-electron chi connectivity index (χ4n) is 2.48. The van der Waals surface area contributed by atoms with E-state index in [9.17, 15) is 9.90 Å². The number of para-hydroxylation sites is 1. The Kier molecular flexibility index (Phi) is 5.49. The number of hydrogen-bond donors (Lipinski definition) is 2. The average molecular weight is 331 g/mol. The second kappa shape index (κ2) is 6.97. The maximum absolute atomic E-state index is 12.1. The highest BCUT2D eigenvalue weighted by molar-refractivity contribution is 6.39. The van der Waals surface area contributed by atoms with Crippen molar-refractivity contribution in [2.24, 2.45) is 0 Å². The molecule has 2 rings (SSSR count). The van der Waals surface area contributed by atoms with E-state index in [0.717, 1.165) is 19.4 Å². The van der Waals surface area contributed by atoms with Gasteiger partial charge in [0.15, 0.2) is 0 Å². The number of anilines is 1. The van der Waals surface area contributed by atoms with Crippen LogP contribution in [0.3, 0.4) is 0 Å². The second-order valence-electron chi connectivity index (χ2n) is 5.77. The van der Waals surface area contributed by atoms with Crippen LogP contribution in [0.4, 0.5) is 5.69 Å². The number of benzene rings is 1. The molecule has 1 heterocycles. The van der Waals surface area contributed by atoms with Gasteiger partial charge in [0.25, 0.3) is 0 Å². The van der Waals surface area contributed by atoms with Crippen LogP contribution in [0.15, 0.2) is 18.2 Å². The summed E-state index contributed by atoms with van der Waals surface area (Å²) in [6, 6.07) is 5.11. The van der Waals surface area contributed by atoms with E-state index in [-0.39, 0.29) is 12.5 Å². The Balaban J connectivity index is 1.93. The third-order valence-corrected chi connectivity index (χ3v) is 4.38. The molecule has 21 heavy (non-hydrogen) atoms. The maximum Gasteiger partial charge on any atom is 0.238 e. The van der Waals surface area contributed by atoms with E-state index >= 15 is 0 Å². The number of amides is 1. The molecule has 0 saturated carbocycles. The zero-order valence-electron chi connectivity index (χ0n) is 12.0. The molecule has 0 aromatic heterocycles. The zero-order chi connectivity index (χ0) is 15.5. The van der Waals surface area contributed by atoms with Crippen LogP contribution in [-0.4, -0.2) is 41.1 Å². The fourth-order valence-corrected chi connectivity index (χ4v) is 2.97. The molecule has 116 valence electrons. The van der Waals surface area contributed by atoms with Gasteiger partial charge in [0, 0.05) is 6.54 Å². The molecule has 0 radical (unpaired) electrons. The highest BCUT2D eigenvalue weighted by Crippen LogP contribution is 2.29. The van der Waals surface area contributed by atoms with E-state index in [1.807, 2.05) is 11.8 Å². The third kappa shape index (κ3) is 4.85. The smallest absolute Gasteiger partial charge is 0.238 e. The summed E-state index contributed by atoms with van der Waals surface area (Å²) >= 11 is 12.1. The number of nitrogens with one attached hydrogen (secondary N) is 1. The molecule has 1 atom stereocenters. The van der Waals surface area contributed by atoms with Crippen LogP contribution in [0.1, 0.15) is 26.2 Å². The summed E-state index contributed by atoms with van der Waals surface area (Å²) in [5.74, 6) is -0.147. The first-order valence-corrected chi connectivity index (χ1v) is 7.81. The van der Waals surface area contributed by atoms with E-state index in [2.05, 4.69) is 5.32 Å². The van der Waals surface area contributed by atoms with E-state index in [1.54, 1.807) is 18.2 Å². The molecule has 1 aliphatic heterocycles. The standard InChI is InChI=1S/C15H20Cl2N2O2/c1-15(21)6-3-8-19(9-7-15)10-13(20)18-14-11(16)4-2-5-12(14)17/h2,4-5,21H,3,6-10H2,1H3,(H,18,20). The lowest BCUT2D eigenvalue weighted by Crippen LogP contribution is -2.35. The Morgan fingerprint density at radius 2 is 2.00 bits per heavy atom. The minimum Gasteiger partial charge on any atom is -0.390 e. The molecule has 1 aromatic carbocycles. The van der Waals surface area contributed by atoms with Gasteiger partial charge in [-0.2, -0.15) is 0 Å². The Morgan fingerprint density at radius 1 is 1.33 bits per heavy atom. The fraction of sp³-hybridized carbons (Fsp3) is 0.533. The largest absolute Gasteiger partial charge is 0.390 e. The number of carbonyl (C=O) groups is 1. The lowest BCUT2D eigenvalue weighted by molar-refractivity contribution is -0.117. The Hall–Kier alpha value is -0.810. The van der Waals surface area contributed by atoms with E-state index in [0.29, 0.717) is 28.7 Å². The van der Waals surface area contributed by atoms with Crippen LogP contribution in [0.5, 0.6) is 0 Å². The van der Waals surface area contributed by atoms with Crippen molar-refractivity contribution < 1.29 is 9.90 Å². The molecule has 1 unspecified atom stereocenters. The van der Waals surface area contributed by atoms with Crippen LogP contribution in [0.25, 0.3) is 0 Å². The lowest BCUT2D eigenvalue weighted by Gasteiger charge is -2.22. The van der Waals surface area contributed by atoms with Crippen molar-refractivity contribution in [3.05, 3.63) is 28.2 Å². The predicted molar refractivity (Wildman–Crippen MR) is 86.0 cm³/mol. The summed E-state index contributed by atoms with van der Waals surface area (Å²) in [5, 5.41) is 13.7. The molecule has 1 aliphatic rings. The summed E-state index contributed by atoms with van der Waals surface area (Å²) in [4.78, 5) is 14.2. The predicted octanol–water partition coefficient (Wildman–Crippen LogP) is 3.17. The molecule has 0 spiro atoms. The minimum atomic E-state index is -0.628. The van der Waals surface area contributed by atoms with E-state index in [4.69, 9.17) is 23.2 Å². The van der Waals surface area contributed by atoms with Crippen molar-refractivity contribution >= 4 is 34.8 Å². The summed E-state index contributed by atoms with van der Waals surface area (Å²) in [7, 11) is 0. The van der Waals surface area contributed by atoms with E-state index < -0.39 is 5.60 Å². The van der Waals surface area contributed by atoms with Crippen LogP contribution >= 0.6 is 23.2 Å². The van der Waals surface area contributed by atoms with Gasteiger partial charge in [0.2, 0.25) is 5.91 Å². The molecule has 0 aliphatic carbocycles. The SMILES string of the molecule is CC1(O)CCCN(CC(=O)Nc2c(Cl)cccc2Cl)CC1. The first-order valence-electron chi connectivity index (χ1n) is 7.06. The van der Waals surface area contributed by atoms with Crippen molar-refractivity contribution in [1.82, 2.24) is 4.90 Å². The summed E-state index contributed by atoms with van der Waals surface area (Å²) in [6.45, 7) is 3.63. The van der Waals surface area contributed by atoms with Gasteiger partial charge >= 0.3 is 0 Å². The second-order valence-corrected chi connectivity index (χ2v) is 6.59. The molecular formula is C15H20Cl2N2O2. The van der Waals surface area contributed by atoms with Crippen molar-refractivity contribution in [2.45, 2.75) is 31.8 Å². The topological polar surface area (TPSA) is 52.6 Å². The van der Waals surface area contributed by atoms with Crippen molar-refractivity contribution in [1.29, 1.82) is 0 Å².